The van der Waals surface area contributed by atoms with Crippen molar-refractivity contribution in [2.45, 2.75) is 65.9 Å². The Balaban J connectivity index is 0.00000162. The van der Waals surface area contributed by atoms with Gasteiger partial charge in [-0.1, -0.05) is 70.1 Å². The number of hydrogen-bond acceptors (Lipinski definition) is 1. The van der Waals surface area contributed by atoms with Crippen LogP contribution in [-0.2, 0) is 11.3 Å². The van der Waals surface area contributed by atoms with Gasteiger partial charge in [-0.2, -0.15) is 0 Å². The molecule has 1 fully saturated rings. The monoisotopic (exact) mass is 246 g/mol. The van der Waals surface area contributed by atoms with Crippen molar-refractivity contribution in [1.29, 1.82) is 0 Å². The smallest absolute Gasteiger partial charge is 0.169 e. The minimum Gasteiger partial charge on any atom is -0.374 e. The van der Waals surface area contributed by atoms with E-state index in [9.17, 15) is 0 Å². The highest BCUT2D eigenvalue weighted by Crippen LogP contribution is 2.21. The average Bonchev–Trinajstić information content (AvgIpc) is 2.38. The summed E-state index contributed by atoms with van der Waals surface area (Å²) >= 11 is 0. The minimum absolute atomic E-state index is 0. The first kappa shape index (κ1) is 15.3. The van der Waals surface area contributed by atoms with Crippen LogP contribution >= 0.6 is 0 Å². The van der Waals surface area contributed by atoms with Crippen LogP contribution in [0.4, 0.5) is 0 Å². The Kier molecular flexibility index (Phi) is 6.49. The molecular formula is C16H27BO. The third-order valence-electron chi connectivity index (χ3n) is 3.68. The molecule has 1 aliphatic carbocycles. The van der Waals surface area contributed by atoms with Crippen LogP contribution in [0.15, 0.2) is 24.3 Å². The van der Waals surface area contributed by atoms with Gasteiger partial charge in [0.15, 0.2) is 6.71 Å². The van der Waals surface area contributed by atoms with Crippen molar-refractivity contribution < 1.29 is 4.74 Å². The van der Waals surface area contributed by atoms with Crippen molar-refractivity contribution in [3.63, 3.8) is 0 Å². The van der Waals surface area contributed by atoms with E-state index in [1.54, 1.807) is 0 Å². The summed E-state index contributed by atoms with van der Waals surface area (Å²) in [6.07, 6.45) is 7.10. The van der Waals surface area contributed by atoms with E-state index >= 15 is 0 Å². The maximum Gasteiger partial charge on any atom is 0.169 e. The van der Waals surface area contributed by atoms with Crippen LogP contribution in [0.1, 0.15) is 45.1 Å². The number of benzene rings is 1. The molecule has 0 amide bonds. The fourth-order valence-corrected chi connectivity index (χ4v) is 2.44. The first-order chi connectivity index (χ1) is 8.25. The van der Waals surface area contributed by atoms with Crippen LogP contribution in [0.2, 0.25) is 13.6 Å². The second-order valence-corrected chi connectivity index (χ2v) is 5.47. The molecule has 1 saturated carbocycles. The Morgan fingerprint density at radius 3 is 2.22 bits per heavy atom. The number of hydrogen-bond donors (Lipinski definition) is 0. The van der Waals surface area contributed by atoms with Crippen LogP contribution in [0.3, 0.4) is 0 Å². The third kappa shape index (κ3) is 4.49. The van der Waals surface area contributed by atoms with Crippen LogP contribution in [0, 0.1) is 0 Å². The molecular weight excluding hydrogens is 219 g/mol. The predicted octanol–water partition coefficient (Wildman–Crippen LogP) is 4.13. The summed E-state index contributed by atoms with van der Waals surface area (Å²) in [5.74, 6) is 0. The summed E-state index contributed by atoms with van der Waals surface area (Å²) < 4.78 is 5.97. The normalized spacial score (nSPS) is 16.1. The molecule has 0 radical (unpaired) electrons. The highest BCUT2D eigenvalue weighted by atomic mass is 16.5. The molecule has 0 atom stereocenters. The van der Waals surface area contributed by atoms with Crippen molar-refractivity contribution in [3.8, 4) is 0 Å². The van der Waals surface area contributed by atoms with Crippen molar-refractivity contribution in [1.82, 2.24) is 0 Å². The maximum atomic E-state index is 5.97. The summed E-state index contributed by atoms with van der Waals surface area (Å²) in [4.78, 5) is 0. The van der Waals surface area contributed by atoms with Crippen molar-refractivity contribution in [3.05, 3.63) is 29.8 Å². The SMILES string of the molecule is C.CB(C)c1ccc(COC2CCCCC2)cc1. The van der Waals surface area contributed by atoms with Crippen LogP contribution in [0.25, 0.3) is 0 Å². The molecule has 0 unspecified atom stereocenters. The Bertz CT molecular complexity index is 325. The first-order valence-electron chi connectivity index (χ1n) is 6.96. The zero-order valence-corrected chi connectivity index (χ0v) is 11.1. The maximum absolute atomic E-state index is 5.97. The molecule has 1 aromatic carbocycles. The van der Waals surface area contributed by atoms with Gasteiger partial charge in [0.2, 0.25) is 0 Å². The Morgan fingerprint density at radius 2 is 1.67 bits per heavy atom. The van der Waals surface area contributed by atoms with E-state index in [4.69, 9.17) is 4.74 Å². The zero-order valence-electron chi connectivity index (χ0n) is 11.1. The largest absolute Gasteiger partial charge is 0.374 e. The Hall–Kier alpha value is -0.755. The second kappa shape index (κ2) is 7.63. The van der Waals surface area contributed by atoms with Crippen LogP contribution in [0.5, 0.6) is 0 Å². The van der Waals surface area contributed by atoms with Gasteiger partial charge in [0.05, 0.1) is 12.7 Å². The Labute approximate surface area is 113 Å². The molecule has 100 valence electrons. The van der Waals surface area contributed by atoms with E-state index in [1.165, 1.54) is 43.1 Å². The molecule has 18 heavy (non-hydrogen) atoms. The van der Waals surface area contributed by atoms with Crippen LogP contribution in [-0.4, -0.2) is 12.8 Å². The molecule has 0 saturated heterocycles. The zero-order chi connectivity index (χ0) is 12.1. The molecule has 0 aliphatic heterocycles. The van der Waals surface area contributed by atoms with E-state index in [1.807, 2.05) is 0 Å². The lowest BCUT2D eigenvalue weighted by atomic mass is 9.49. The lowest BCUT2D eigenvalue weighted by molar-refractivity contribution is 0.0169. The molecule has 2 rings (SSSR count). The van der Waals surface area contributed by atoms with Gasteiger partial charge in [0, 0.05) is 0 Å². The van der Waals surface area contributed by atoms with Gasteiger partial charge in [0.1, 0.15) is 0 Å². The standard InChI is InChI=1S/C15H23BO.CH4/c1-16(2)14-10-8-13(9-11-14)12-17-15-6-4-3-5-7-15;/h8-11,15H,3-7,12H2,1-2H3;1H4. The predicted molar refractivity (Wildman–Crippen MR) is 82.0 cm³/mol. The van der Waals surface area contributed by atoms with Gasteiger partial charge in [0.25, 0.3) is 0 Å². The summed E-state index contributed by atoms with van der Waals surface area (Å²) in [5, 5.41) is 0. The van der Waals surface area contributed by atoms with Gasteiger partial charge in [-0.05, 0) is 18.4 Å². The van der Waals surface area contributed by atoms with E-state index in [2.05, 4.69) is 37.9 Å². The second-order valence-electron chi connectivity index (χ2n) is 5.47. The molecule has 0 heterocycles. The fourth-order valence-electron chi connectivity index (χ4n) is 2.44. The van der Waals surface area contributed by atoms with Crippen molar-refractivity contribution in [2.24, 2.45) is 0 Å². The lowest BCUT2D eigenvalue weighted by Crippen LogP contribution is -2.22. The van der Waals surface area contributed by atoms with Gasteiger partial charge >= 0.3 is 0 Å². The van der Waals surface area contributed by atoms with Crippen molar-refractivity contribution >= 4 is 12.2 Å². The molecule has 1 nitrogen and oxygen atoms in total. The quantitative estimate of drug-likeness (QED) is 0.726. The summed E-state index contributed by atoms with van der Waals surface area (Å²) in [6.45, 7) is 5.85. The summed E-state index contributed by atoms with van der Waals surface area (Å²) in [6, 6.07) is 8.87. The van der Waals surface area contributed by atoms with E-state index < -0.39 is 0 Å². The van der Waals surface area contributed by atoms with Crippen molar-refractivity contribution in [2.75, 3.05) is 0 Å². The molecule has 0 spiro atoms. The number of ether oxygens (including phenoxy) is 1. The van der Waals surface area contributed by atoms with Gasteiger partial charge < -0.3 is 4.74 Å². The fraction of sp³-hybridized carbons (Fsp3) is 0.625. The molecule has 0 aromatic heterocycles. The molecule has 0 N–H and O–H groups in total. The minimum atomic E-state index is 0. The summed E-state index contributed by atoms with van der Waals surface area (Å²) in [7, 11) is 0. The molecule has 0 bridgehead atoms. The van der Waals surface area contributed by atoms with Gasteiger partial charge in [-0.3, -0.25) is 0 Å². The topological polar surface area (TPSA) is 9.23 Å². The molecule has 1 aliphatic rings. The third-order valence-corrected chi connectivity index (χ3v) is 3.68. The van der Waals surface area contributed by atoms with Crippen LogP contribution < -0.4 is 5.46 Å². The molecule has 2 heteroatoms. The van der Waals surface area contributed by atoms with Gasteiger partial charge in [-0.25, -0.2) is 0 Å². The average molecular weight is 246 g/mol. The highest BCUT2D eigenvalue weighted by Gasteiger charge is 2.13. The summed E-state index contributed by atoms with van der Waals surface area (Å²) in [5.41, 5.74) is 2.71. The lowest BCUT2D eigenvalue weighted by Gasteiger charge is -2.22. The van der Waals surface area contributed by atoms with E-state index in [-0.39, 0.29) is 7.43 Å². The van der Waals surface area contributed by atoms with E-state index in [0.717, 1.165) is 6.61 Å². The number of rotatable bonds is 4. The Morgan fingerprint density at radius 1 is 1.06 bits per heavy atom. The molecule has 1 aromatic rings. The highest BCUT2D eigenvalue weighted by molar-refractivity contribution is 6.70. The van der Waals surface area contributed by atoms with Gasteiger partial charge in [-0.15, -0.1) is 0 Å². The van der Waals surface area contributed by atoms with E-state index in [0.29, 0.717) is 12.8 Å². The first-order valence-corrected chi connectivity index (χ1v) is 6.96.